The predicted octanol–water partition coefficient (Wildman–Crippen LogP) is 3.05. The Morgan fingerprint density at radius 2 is 2.06 bits per heavy atom. The summed E-state index contributed by atoms with van der Waals surface area (Å²) in [5, 5.41) is 3.32. The molecular formula is C12H15ClFNO. The van der Waals surface area contributed by atoms with Gasteiger partial charge in [-0.1, -0.05) is 11.6 Å². The second kappa shape index (κ2) is 4.93. The van der Waals surface area contributed by atoms with Crippen molar-refractivity contribution in [3.05, 3.63) is 34.6 Å². The molecule has 0 amide bonds. The number of hydrogen-bond acceptors (Lipinski definition) is 2. The number of carbonyl (C=O) groups is 1. The molecule has 0 fully saturated rings. The first-order chi connectivity index (χ1) is 7.29. The Bertz CT molecular complexity index is 398. The topological polar surface area (TPSA) is 29.1 Å². The summed E-state index contributed by atoms with van der Waals surface area (Å²) >= 11 is 5.83. The minimum atomic E-state index is -0.455. The molecule has 0 unspecified atom stereocenters. The molecule has 1 aromatic rings. The molecule has 88 valence electrons. The van der Waals surface area contributed by atoms with E-state index >= 15 is 0 Å². The van der Waals surface area contributed by atoms with E-state index in [-0.39, 0.29) is 28.5 Å². The third-order valence-electron chi connectivity index (χ3n) is 2.01. The third-order valence-corrected chi connectivity index (χ3v) is 2.34. The Balaban J connectivity index is 2.77. The van der Waals surface area contributed by atoms with Crippen LogP contribution >= 0.6 is 11.6 Å². The van der Waals surface area contributed by atoms with Crippen molar-refractivity contribution in [2.75, 3.05) is 6.54 Å². The number of benzene rings is 1. The van der Waals surface area contributed by atoms with E-state index < -0.39 is 5.82 Å². The summed E-state index contributed by atoms with van der Waals surface area (Å²) in [6.07, 6.45) is 0. The summed E-state index contributed by atoms with van der Waals surface area (Å²) in [4.78, 5) is 11.8. The van der Waals surface area contributed by atoms with Crippen molar-refractivity contribution in [2.24, 2.45) is 0 Å². The number of Topliss-reactive ketones (excluding diaryl/α,β-unsaturated/α-hetero) is 1. The first kappa shape index (κ1) is 13.1. The number of carbonyl (C=O) groups excluding carboxylic acids is 1. The molecule has 4 heteroatoms. The first-order valence-corrected chi connectivity index (χ1v) is 5.41. The van der Waals surface area contributed by atoms with E-state index in [1.165, 1.54) is 12.1 Å². The maximum atomic E-state index is 13.0. The number of hydrogen-bond donors (Lipinski definition) is 1. The Kier molecular flexibility index (Phi) is 4.05. The standard InChI is InChI=1S/C12H15ClFNO/c1-12(2,3)15-7-11(16)9-6-8(14)4-5-10(9)13/h4-6,15H,7H2,1-3H3. The Morgan fingerprint density at radius 1 is 1.44 bits per heavy atom. The van der Waals surface area contributed by atoms with Crippen LogP contribution in [-0.2, 0) is 0 Å². The van der Waals surface area contributed by atoms with Crippen LogP contribution in [0, 0.1) is 5.82 Å². The van der Waals surface area contributed by atoms with Gasteiger partial charge in [0, 0.05) is 11.1 Å². The predicted molar refractivity (Wildman–Crippen MR) is 63.5 cm³/mol. The maximum Gasteiger partial charge on any atom is 0.178 e. The van der Waals surface area contributed by atoms with Crippen molar-refractivity contribution in [1.82, 2.24) is 5.32 Å². The molecule has 0 bridgehead atoms. The quantitative estimate of drug-likeness (QED) is 0.827. The molecule has 1 N–H and O–H groups in total. The summed E-state index contributed by atoms with van der Waals surface area (Å²) in [7, 11) is 0. The zero-order valence-electron chi connectivity index (χ0n) is 9.60. The Morgan fingerprint density at radius 3 is 2.62 bits per heavy atom. The number of nitrogens with one attached hydrogen (secondary N) is 1. The van der Waals surface area contributed by atoms with Gasteiger partial charge >= 0.3 is 0 Å². The van der Waals surface area contributed by atoms with Crippen LogP contribution in [0.3, 0.4) is 0 Å². The van der Waals surface area contributed by atoms with Gasteiger partial charge in [-0.2, -0.15) is 0 Å². The fourth-order valence-electron chi connectivity index (χ4n) is 1.15. The average molecular weight is 244 g/mol. The molecule has 0 spiro atoms. The van der Waals surface area contributed by atoms with Crippen LogP contribution in [0.5, 0.6) is 0 Å². The highest BCUT2D eigenvalue weighted by Gasteiger charge is 2.15. The lowest BCUT2D eigenvalue weighted by Crippen LogP contribution is -2.39. The van der Waals surface area contributed by atoms with E-state index in [1.54, 1.807) is 0 Å². The Labute approximate surface area is 99.8 Å². The van der Waals surface area contributed by atoms with Gasteiger partial charge in [-0.3, -0.25) is 4.79 Å². The summed E-state index contributed by atoms with van der Waals surface area (Å²) < 4.78 is 13.0. The molecule has 2 nitrogen and oxygen atoms in total. The van der Waals surface area contributed by atoms with Gasteiger partial charge in [0.2, 0.25) is 0 Å². The lowest BCUT2D eigenvalue weighted by atomic mass is 10.1. The van der Waals surface area contributed by atoms with Crippen molar-refractivity contribution in [3.8, 4) is 0 Å². The zero-order valence-corrected chi connectivity index (χ0v) is 10.4. The van der Waals surface area contributed by atoms with Crippen molar-refractivity contribution in [3.63, 3.8) is 0 Å². The second-order valence-corrected chi connectivity index (χ2v) is 5.06. The van der Waals surface area contributed by atoms with Gasteiger partial charge in [-0.15, -0.1) is 0 Å². The molecule has 0 saturated heterocycles. The maximum absolute atomic E-state index is 13.0. The molecule has 16 heavy (non-hydrogen) atoms. The van der Waals surface area contributed by atoms with Crippen molar-refractivity contribution in [2.45, 2.75) is 26.3 Å². The molecular weight excluding hydrogens is 229 g/mol. The zero-order chi connectivity index (χ0) is 12.3. The normalized spacial score (nSPS) is 11.6. The molecule has 0 aliphatic rings. The summed E-state index contributed by atoms with van der Waals surface area (Å²) in [5.74, 6) is -0.664. The lowest BCUT2D eigenvalue weighted by Gasteiger charge is -2.19. The van der Waals surface area contributed by atoms with E-state index in [1.807, 2.05) is 20.8 Å². The van der Waals surface area contributed by atoms with E-state index in [0.717, 1.165) is 6.07 Å². The molecule has 0 aliphatic heterocycles. The van der Waals surface area contributed by atoms with Crippen molar-refractivity contribution >= 4 is 17.4 Å². The van der Waals surface area contributed by atoms with E-state index in [9.17, 15) is 9.18 Å². The number of ketones is 1. The third kappa shape index (κ3) is 3.91. The summed E-state index contributed by atoms with van der Waals surface area (Å²) in [6, 6.07) is 3.78. The monoisotopic (exact) mass is 243 g/mol. The highest BCUT2D eigenvalue weighted by Crippen LogP contribution is 2.17. The van der Waals surface area contributed by atoms with Gasteiger partial charge in [0.05, 0.1) is 11.6 Å². The van der Waals surface area contributed by atoms with E-state index in [4.69, 9.17) is 11.6 Å². The first-order valence-electron chi connectivity index (χ1n) is 5.03. The van der Waals surface area contributed by atoms with Gasteiger partial charge in [0.1, 0.15) is 5.82 Å². The van der Waals surface area contributed by atoms with Gasteiger partial charge < -0.3 is 5.32 Å². The van der Waals surface area contributed by atoms with Gasteiger partial charge in [0.25, 0.3) is 0 Å². The molecule has 0 aromatic heterocycles. The molecule has 1 rings (SSSR count). The van der Waals surface area contributed by atoms with E-state index in [2.05, 4.69) is 5.32 Å². The van der Waals surface area contributed by atoms with Gasteiger partial charge in [-0.25, -0.2) is 4.39 Å². The van der Waals surface area contributed by atoms with Crippen LogP contribution in [0.2, 0.25) is 5.02 Å². The fourth-order valence-corrected chi connectivity index (χ4v) is 1.37. The van der Waals surface area contributed by atoms with Crippen LogP contribution in [0.1, 0.15) is 31.1 Å². The van der Waals surface area contributed by atoms with Gasteiger partial charge in [-0.05, 0) is 39.0 Å². The van der Waals surface area contributed by atoms with E-state index in [0.29, 0.717) is 0 Å². The minimum absolute atomic E-state index is 0.146. The molecule has 0 aliphatic carbocycles. The largest absolute Gasteiger partial charge is 0.305 e. The number of rotatable bonds is 3. The molecule has 1 aromatic carbocycles. The average Bonchev–Trinajstić information content (AvgIpc) is 2.17. The van der Waals surface area contributed by atoms with Crippen LogP contribution in [0.4, 0.5) is 4.39 Å². The second-order valence-electron chi connectivity index (χ2n) is 4.65. The number of halogens is 2. The molecule has 0 heterocycles. The van der Waals surface area contributed by atoms with Crippen molar-refractivity contribution in [1.29, 1.82) is 0 Å². The van der Waals surface area contributed by atoms with Crippen LogP contribution < -0.4 is 5.32 Å². The van der Waals surface area contributed by atoms with Crippen LogP contribution in [0.15, 0.2) is 18.2 Å². The lowest BCUT2D eigenvalue weighted by molar-refractivity contribution is 0.0981. The van der Waals surface area contributed by atoms with Crippen LogP contribution in [0.25, 0.3) is 0 Å². The molecule has 0 saturated carbocycles. The Hall–Kier alpha value is -0.930. The smallest absolute Gasteiger partial charge is 0.178 e. The van der Waals surface area contributed by atoms with Gasteiger partial charge in [0.15, 0.2) is 5.78 Å². The summed E-state index contributed by atoms with van der Waals surface area (Å²) in [5.41, 5.74) is 0.0635. The SMILES string of the molecule is CC(C)(C)NCC(=O)c1cc(F)ccc1Cl. The molecule has 0 atom stereocenters. The van der Waals surface area contributed by atoms with Crippen molar-refractivity contribution < 1.29 is 9.18 Å². The molecule has 0 radical (unpaired) electrons. The minimum Gasteiger partial charge on any atom is -0.305 e. The van der Waals surface area contributed by atoms with Crippen LogP contribution in [-0.4, -0.2) is 17.9 Å². The summed E-state index contributed by atoms with van der Waals surface area (Å²) in [6.45, 7) is 6.00. The highest BCUT2D eigenvalue weighted by molar-refractivity contribution is 6.34. The highest BCUT2D eigenvalue weighted by atomic mass is 35.5. The fraction of sp³-hybridized carbons (Fsp3) is 0.417.